The second-order valence-corrected chi connectivity index (χ2v) is 10.2. The molecule has 1 aliphatic rings. The van der Waals surface area contributed by atoms with E-state index in [0.29, 0.717) is 48.6 Å². The van der Waals surface area contributed by atoms with E-state index in [1.807, 2.05) is 25.7 Å². The third-order valence-corrected chi connectivity index (χ3v) is 6.42. The number of amides is 1. The highest BCUT2D eigenvalue weighted by Gasteiger charge is 2.29. The number of pyridine rings is 1. The van der Waals surface area contributed by atoms with Crippen LogP contribution in [0.4, 0.5) is 20.6 Å². The molecule has 0 saturated carbocycles. The highest BCUT2D eigenvalue weighted by molar-refractivity contribution is 6.34. The van der Waals surface area contributed by atoms with Crippen LogP contribution in [0, 0.1) is 12.7 Å². The average molecular weight is 517 g/mol. The van der Waals surface area contributed by atoms with Crippen LogP contribution in [0.15, 0.2) is 24.4 Å². The summed E-state index contributed by atoms with van der Waals surface area (Å²) < 4.78 is 27.0. The molecule has 192 valence electrons. The first-order valence-corrected chi connectivity index (χ1v) is 12.0. The summed E-state index contributed by atoms with van der Waals surface area (Å²) in [5.74, 6) is -0.445. The number of phenols is 1. The van der Waals surface area contributed by atoms with Crippen molar-refractivity contribution in [3.05, 3.63) is 40.8 Å². The number of fused-ring (bicyclic) bond motifs is 1. The molecule has 1 amide bonds. The van der Waals surface area contributed by atoms with Crippen molar-refractivity contribution in [2.75, 3.05) is 43.9 Å². The number of nitrogens with zero attached hydrogens (tertiary/aromatic N) is 3. The monoisotopic (exact) mass is 516 g/mol. The van der Waals surface area contributed by atoms with Crippen molar-refractivity contribution in [2.45, 2.75) is 33.3 Å². The lowest BCUT2D eigenvalue weighted by atomic mass is 9.96. The Balaban J connectivity index is 1.77. The Morgan fingerprint density at radius 2 is 1.86 bits per heavy atom. The van der Waals surface area contributed by atoms with Crippen LogP contribution in [0.25, 0.3) is 22.0 Å². The summed E-state index contributed by atoms with van der Waals surface area (Å²) in [5, 5.41) is 11.2. The number of aromatic nitrogens is 1. The minimum Gasteiger partial charge on any atom is -0.505 e. The SMILES string of the molecule is COc1cnc2c(F)c(-c3c(C)ccc(N)c3O)c(Cl)cc2c1N1CCN(C(=O)OC(C)(C)C)CC1. The maximum absolute atomic E-state index is 16.0. The fourth-order valence-electron chi connectivity index (χ4n) is 4.40. The second-order valence-electron chi connectivity index (χ2n) is 9.77. The van der Waals surface area contributed by atoms with Crippen LogP contribution in [0.2, 0.25) is 5.02 Å². The molecule has 3 aromatic rings. The Kier molecular flexibility index (Phi) is 6.79. The summed E-state index contributed by atoms with van der Waals surface area (Å²) in [7, 11) is 1.52. The molecule has 0 bridgehead atoms. The lowest BCUT2D eigenvalue weighted by Gasteiger charge is -2.37. The van der Waals surface area contributed by atoms with E-state index >= 15 is 4.39 Å². The van der Waals surface area contributed by atoms with E-state index in [2.05, 4.69) is 4.98 Å². The van der Waals surface area contributed by atoms with E-state index in [1.54, 1.807) is 30.0 Å². The van der Waals surface area contributed by atoms with Crippen LogP contribution in [0.1, 0.15) is 26.3 Å². The molecule has 0 aliphatic carbocycles. The summed E-state index contributed by atoms with van der Waals surface area (Å²) in [4.78, 5) is 20.5. The average Bonchev–Trinajstić information content (AvgIpc) is 2.82. The molecule has 0 unspecified atom stereocenters. The van der Waals surface area contributed by atoms with Crippen LogP contribution in [0.3, 0.4) is 0 Å². The number of carbonyl (C=O) groups excluding carboxylic acids is 1. The molecule has 1 aromatic heterocycles. The molecule has 36 heavy (non-hydrogen) atoms. The number of nitrogens with two attached hydrogens (primary N) is 1. The lowest BCUT2D eigenvalue weighted by molar-refractivity contribution is 0.0240. The van der Waals surface area contributed by atoms with Gasteiger partial charge in [0.05, 0.1) is 29.7 Å². The van der Waals surface area contributed by atoms with E-state index in [9.17, 15) is 9.90 Å². The smallest absolute Gasteiger partial charge is 0.410 e. The molecule has 1 saturated heterocycles. The second kappa shape index (κ2) is 9.54. The fraction of sp³-hybridized carbons (Fsp3) is 0.385. The Labute approximate surface area is 214 Å². The quantitative estimate of drug-likeness (QED) is 0.357. The van der Waals surface area contributed by atoms with Gasteiger partial charge in [0, 0.05) is 42.7 Å². The number of piperazine rings is 1. The van der Waals surface area contributed by atoms with E-state index in [0.717, 1.165) is 0 Å². The third-order valence-electron chi connectivity index (χ3n) is 6.13. The first-order valence-electron chi connectivity index (χ1n) is 11.6. The number of anilines is 2. The van der Waals surface area contributed by atoms with Gasteiger partial charge in [-0.2, -0.15) is 0 Å². The zero-order valence-corrected chi connectivity index (χ0v) is 21.7. The molecule has 3 N–H and O–H groups in total. The van der Waals surface area contributed by atoms with E-state index in [1.165, 1.54) is 13.3 Å². The van der Waals surface area contributed by atoms with Crippen LogP contribution < -0.4 is 15.4 Å². The highest BCUT2D eigenvalue weighted by Crippen LogP contribution is 2.46. The van der Waals surface area contributed by atoms with Crippen molar-refractivity contribution in [2.24, 2.45) is 0 Å². The molecule has 10 heteroatoms. The van der Waals surface area contributed by atoms with Crippen molar-refractivity contribution in [3.8, 4) is 22.6 Å². The summed E-state index contributed by atoms with van der Waals surface area (Å²) >= 11 is 6.62. The first kappa shape index (κ1) is 25.6. The summed E-state index contributed by atoms with van der Waals surface area (Å²) in [5.41, 5.74) is 7.01. The first-order chi connectivity index (χ1) is 16.9. The largest absolute Gasteiger partial charge is 0.505 e. The highest BCUT2D eigenvalue weighted by atomic mass is 35.5. The van der Waals surface area contributed by atoms with Crippen LogP contribution in [-0.2, 0) is 4.74 Å². The number of benzene rings is 2. The minimum atomic E-state index is -0.669. The molecular weight excluding hydrogens is 487 g/mol. The van der Waals surface area contributed by atoms with Crippen LogP contribution in [0.5, 0.6) is 11.5 Å². The summed E-state index contributed by atoms with van der Waals surface area (Å²) in [6, 6.07) is 4.88. The zero-order valence-electron chi connectivity index (χ0n) is 21.0. The predicted octanol–water partition coefficient (Wildman–Crippen LogP) is 5.36. The van der Waals surface area contributed by atoms with Crippen molar-refractivity contribution in [1.82, 2.24) is 9.88 Å². The molecule has 0 atom stereocenters. The number of rotatable bonds is 3. The Bertz CT molecular complexity index is 1330. The number of methoxy groups -OCH3 is 1. The number of aromatic hydroxyl groups is 1. The molecule has 0 spiro atoms. The van der Waals surface area contributed by atoms with Crippen molar-refractivity contribution in [3.63, 3.8) is 0 Å². The van der Waals surface area contributed by atoms with Crippen LogP contribution in [-0.4, -0.2) is 60.0 Å². The number of carbonyl (C=O) groups is 1. The molecule has 4 rings (SSSR count). The van der Waals surface area contributed by atoms with Gasteiger partial charge in [0.25, 0.3) is 0 Å². The molecule has 1 aliphatic heterocycles. The maximum atomic E-state index is 16.0. The predicted molar refractivity (Wildman–Crippen MR) is 140 cm³/mol. The number of hydrogen-bond acceptors (Lipinski definition) is 7. The fourth-order valence-corrected chi connectivity index (χ4v) is 4.69. The van der Waals surface area contributed by atoms with Crippen molar-refractivity contribution < 1.29 is 23.8 Å². The van der Waals surface area contributed by atoms with Gasteiger partial charge in [-0.1, -0.05) is 17.7 Å². The minimum absolute atomic E-state index is 0.0322. The van der Waals surface area contributed by atoms with Gasteiger partial charge in [-0.3, -0.25) is 0 Å². The molecule has 0 radical (unpaired) electrons. The van der Waals surface area contributed by atoms with Gasteiger partial charge in [-0.15, -0.1) is 0 Å². The van der Waals surface area contributed by atoms with Crippen molar-refractivity contribution in [1.29, 1.82) is 0 Å². The number of phenolic OH excluding ortho intramolecular Hbond substituents is 1. The molecule has 8 nitrogen and oxygen atoms in total. The summed E-state index contributed by atoms with van der Waals surface area (Å²) in [6.45, 7) is 9.02. The molecule has 2 aromatic carbocycles. The van der Waals surface area contributed by atoms with Gasteiger partial charge in [-0.25, -0.2) is 14.2 Å². The van der Waals surface area contributed by atoms with Gasteiger partial charge in [-0.05, 0) is 45.4 Å². The normalized spacial score (nSPS) is 14.3. The molecule has 1 fully saturated rings. The maximum Gasteiger partial charge on any atom is 0.410 e. The number of hydrogen-bond donors (Lipinski definition) is 2. The Morgan fingerprint density at radius 1 is 1.19 bits per heavy atom. The van der Waals surface area contributed by atoms with Crippen molar-refractivity contribution >= 4 is 40.0 Å². The van der Waals surface area contributed by atoms with Gasteiger partial charge < -0.3 is 30.1 Å². The number of nitrogen functional groups attached to an aromatic ring is 1. The lowest BCUT2D eigenvalue weighted by Crippen LogP contribution is -2.50. The van der Waals surface area contributed by atoms with Gasteiger partial charge in [0.1, 0.15) is 16.9 Å². The number of halogens is 2. The van der Waals surface area contributed by atoms with E-state index < -0.39 is 11.4 Å². The van der Waals surface area contributed by atoms with E-state index in [4.69, 9.17) is 26.8 Å². The standard InChI is InChI=1S/C26H30ClFN4O4/c1-14-6-7-17(29)24(33)19(14)20-16(27)12-15-22(21(20)28)30-13-18(35-5)23(15)31-8-10-32(11-9-31)25(34)36-26(2,3)4/h6-7,12-13,33H,8-11,29H2,1-5H3. The van der Waals surface area contributed by atoms with Gasteiger partial charge in [0.15, 0.2) is 11.6 Å². The third kappa shape index (κ3) is 4.67. The summed E-state index contributed by atoms with van der Waals surface area (Å²) in [6.07, 6.45) is 1.09. The van der Waals surface area contributed by atoms with E-state index in [-0.39, 0.29) is 39.2 Å². The molecule has 2 heterocycles. The number of ether oxygens (including phenoxy) is 2. The number of aryl methyl sites for hydroxylation is 1. The Hall–Kier alpha value is -3.46. The van der Waals surface area contributed by atoms with Gasteiger partial charge in [0.2, 0.25) is 0 Å². The van der Waals surface area contributed by atoms with Crippen LogP contribution >= 0.6 is 11.6 Å². The Morgan fingerprint density at radius 3 is 2.47 bits per heavy atom. The zero-order chi connectivity index (χ0) is 26.4. The topological polar surface area (TPSA) is 101 Å². The molecular formula is C26H30ClFN4O4. The van der Waals surface area contributed by atoms with Gasteiger partial charge >= 0.3 is 6.09 Å².